The first-order chi connectivity index (χ1) is 6.98. The van der Waals surface area contributed by atoms with Gasteiger partial charge in [-0.1, -0.05) is 20.8 Å². The molecule has 0 spiro atoms. The van der Waals surface area contributed by atoms with E-state index in [-0.39, 0.29) is 5.41 Å². The maximum atomic E-state index is 5.78. The second kappa shape index (κ2) is 3.78. The van der Waals surface area contributed by atoms with Crippen molar-refractivity contribution in [3.63, 3.8) is 0 Å². The van der Waals surface area contributed by atoms with Crippen LogP contribution in [0.2, 0.25) is 0 Å². The molecule has 0 bridgehead atoms. The summed E-state index contributed by atoms with van der Waals surface area (Å²) < 4.78 is 6.84. The fraction of sp³-hybridized carbons (Fsp3) is 0.583. The number of pyridine rings is 1. The summed E-state index contributed by atoms with van der Waals surface area (Å²) in [4.78, 5) is 4.24. The van der Waals surface area contributed by atoms with Crippen LogP contribution < -0.4 is 4.74 Å². The standard InChI is InChI=1S/C12H16BrNO/c1-12(2,3)9-6-14-7-10(11(9)13)15-8-4-5-8/h6-8H,4-5H2,1-3H3. The lowest BCUT2D eigenvalue weighted by Gasteiger charge is -2.21. The van der Waals surface area contributed by atoms with Gasteiger partial charge in [0.2, 0.25) is 0 Å². The minimum Gasteiger partial charge on any atom is -0.488 e. The molecule has 2 nitrogen and oxygen atoms in total. The highest BCUT2D eigenvalue weighted by atomic mass is 79.9. The highest BCUT2D eigenvalue weighted by molar-refractivity contribution is 9.10. The summed E-state index contributed by atoms with van der Waals surface area (Å²) in [5.74, 6) is 0.880. The van der Waals surface area contributed by atoms with Gasteiger partial charge in [0.15, 0.2) is 5.75 Å². The van der Waals surface area contributed by atoms with Gasteiger partial charge >= 0.3 is 0 Å². The molecule has 0 unspecified atom stereocenters. The van der Waals surface area contributed by atoms with Crippen LogP contribution in [0.25, 0.3) is 0 Å². The van der Waals surface area contributed by atoms with Gasteiger partial charge in [0.05, 0.1) is 16.8 Å². The molecular weight excluding hydrogens is 254 g/mol. The summed E-state index contributed by atoms with van der Waals surface area (Å²) in [6.45, 7) is 6.53. The maximum Gasteiger partial charge on any atom is 0.152 e. The van der Waals surface area contributed by atoms with Gasteiger partial charge in [-0.25, -0.2) is 0 Å². The molecule has 0 atom stereocenters. The smallest absolute Gasteiger partial charge is 0.152 e. The van der Waals surface area contributed by atoms with Crippen molar-refractivity contribution in [2.75, 3.05) is 0 Å². The second-order valence-electron chi connectivity index (χ2n) is 5.07. The molecular formula is C12H16BrNO. The molecule has 1 aliphatic rings. The average molecular weight is 270 g/mol. The largest absolute Gasteiger partial charge is 0.488 e. The van der Waals surface area contributed by atoms with Crippen molar-refractivity contribution in [2.24, 2.45) is 0 Å². The zero-order valence-electron chi connectivity index (χ0n) is 9.38. The van der Waals surface area contributed by atoms with Crippen LogP contribution in [0.15, 0.2) is 16.9 Å². The first-order valence-corrected chi connectivity index (χ1v) is 6.08. The first-order valence-electron chi connectivity index (χ1n) is 5.29. The Balaban J connectivity index is 2.31. The van der Waals surface area contributed by atoms with Gasteiger partial charge < -0.3 is 4.74 Å². The Morgan fingerprint density at radius 2 is 2.00 bits per heavy atom. The molecule has 0 aromatic carbocycles. The summed E-state index contributed by atoms with van der Waals surface area (Å²) in [7, 11) is 0. The van der Waals surface area contributed by atoms with Gasteiger partial charge in [-0.15, -0.1) is 0 Å². The van der Waals surface area contributed by atoms with E-state index in [1.807, 2.05) is 6.20 Å². The normalized spacial score (nSPS) is 16.5. The predicted molar refractivity (Wildman–Crippen MR) is 64.3 cm³/mol. The van der Waals surface area contributed by atoms with Gasteiger partial charge in [-0.05, 0) is 39.8 Å². The molecule has 1 heterocycles. The van der Waals surface area contributed by atoms with E-state index in [2.05, 4.69) is 41.7 Å². The second-order valence-corrected chi connectivity index (χ2v) is 5.86. The zero-order chi connectivity index (χ0) is 11.1. The fourth-order valence-corrected chi connectivity index (χ4v) is 2.29. The van der Waals surface area contributed by atoms with E-state index < -0.39 is 0 Å². The third-order valence-corrected chi connectivity index (χ3v) is 3.29. The van der Waals surface area contributed by atoms with Crippen molar-refractivity contribution in [3.8, 4) is 5.75 Å². The number of aromatic nitrogens is 1. The van der Waals surface area contributed by atoms with E-state index >= 15 is 0 Å². The molecule has 1 aliphatic carbocycles. The minimum absolute atomic E-state index is 0.0920. The SMILES string of the molecule is CC(C)(C)c1cncc(OC2CC2)c1Br. The predicted octanol–water partition coefficient (Wildman–Crippen LogP) is 3.68. The van der Waals surface area contributed by atoms with Crippen LogP contribution in [0, 0.1) is 0 Å². The van der Waals surface area contributed by atoms with Gasteiger partial charge in [0.25, 0.3) is 0 Å². The van der Waals surface area contributed by atoms with Crippen molar-refractivity contribution < 1.29 is 4.74 Å². The maximum absolute atomic E-state index is 5.78. The third kappa shape index (κ3) is 2.51. The van der Waals surface area contributed by atoms with Crippen LogP contribution in [-0.4, -0.2) is 11.1 Å². The Labute approximate surface area is 99.2 Å². The molecule has 1 aromatic rings. The molecule has 15 heavy (non-hydrogen) atoms. The quantitative estimate of drug-likeness (QED) is 0.817. The average Bonchev–Trinajstić information content (AvgIpc) is 2.90. The molecule has 0 amide bonds. The summed E-state index contributed by atoms with van der Waals surface area (Å²) in [6, 6.07) is 0. The molecule has 82 valence electrons. The van der Waals surface area contributed by atoms with Crippen molar-refractivity contribution >= 4 is 15.9 Å². The Morgan fingerprint density at radius 1 is 1.33 bits per heavy atom. The number of rotatable bonds is 2. The highest BCUT2D eigenvalue weighted by Crippen LogP contribution is 2.37. The molecule has 0 radical (unpaired) electrons. The number of halogens is 1. The van der Waals surface area contributed by atoms with E-state index in [9.17, 15) is 0 Å². The number of nitrogens with zero attached hydrogens (tertiary/aromatic N) is 1. The van der Waals surface area contributed by atoms with Crippen molar-refractivity contribution in [2.45, 2.75) is 45.1 Å². The molecule has 1 fully saturated rings. The lowest BCUT2D eigenvalue weighted by atomic mass is 9.88. The summed E-state index contributed by atoms with van der Waals surface area (Å²) in [6.07, 6.45) is 6.46. The van der Waals surface area contributed by atoms with E-state index in [1.165, 1.54) is 18.4 Å². The zero-order valence-corrected chi connectivity index (χ0v) is 11.0. The lowest BCUT2D eigenvalue weighted by molar-refractivity contribution is 0.299. The third-order valence-electron chi connectivity index (χ3n) is 2.47. The van der Waals surface area contributed by atoms with Gasteiger partial charge in [-0.3, -0.25) is 4.98 Å². The van der Waals surface area contributed by atoms with Gasteiger partial charge in [0, 0.05) is 6.20 Å². The van der Waals surface area contributed by atoms with Crippen LogP contribution in [0.1, 0.15) is 39.2 Å². The minimum atomic E-state index is 0.0920. The topological polar surface area (TPSA) is 22.1 Å². The summed E-state index contributed by atoms with van der Waals surface area (Å²) >= 11 is 3.61. The van der Waals surface area contributed by atoms with E-state index in [0.29, 0.717) is 6.10 Å². The van der Waals surface area contributed by atoms with Gasteiger partial charge in [0.1, 0.15) is 0 Å². The Bertz CT molecular complexity index is 366. The fourth-order valence-electron chi connectivity index (χ4n) is 1.40. The van der Waals surface area contributed by atoms with Gasteiger partial charge in [-0.2, -0.15) is 0 Å². The Morgan fingerprint density at radius 3 is 2.53 bits per heavy atom. The molecule has 2 rings (SSSR count). The van der Waals surface area contributed by atoms with Crippen molar-refractivity contribution in [3.05, 3.63) is 22.4 Å². The monoisotopic (exact) mass is 269 g/mol. The van der Waals surface area contributed by atoms with E-state index in [1.54, 1.807) is 6.20 Å². The van der Waals surface area contributed by atoms with Crippen molar-refractivity contribution in [1.29, 1.82) is 0 Å². The lowest BCUT2D eigenvalue weighted by Crippen LogP contribution is -2.13. The van der Waals surface area contributed by atoms with Crippen LogP contribution in [-0.2, 0) is 5.41 Å². The molecule has 0 N–H and O–H groups in total. The Hall–Kier alpha value is -0.570. The molecule has 0 saturated heterocycles. The van der Waals surface area contributed by atoms with Crippen LogP contribution in [0.4, 0.5) is 0 Å². The number of hydrogen-bond acceptors (Lipinski definition) is 2. The van der Waals surface area contributed by atoms with Crippen LogP contribution in [0.3, 0.4) is 0 Å². The number of hydrogen-bond donors (Lipinski definition) is 0. The van der Waals surface area contributed by atoms with E-state index in [0.717, 1.165) is 10.2 Å². The highest BCUT2D eigenvalue weighted by Gasteiger charge is 2.26. The van der Waals surface area contributed by atoms with Crippen molar-refractivity contribution in [1.82, 2.24) is 4.98 Å². The molecule has 3 heteroatoms. The molecule has 0 aliphatic heterocycles. The summed E-state index contributed by atoms with van der Waals surface area (Å²) in [5.41, 5.74) is 1.29. The first kappa shape index (κ1) is 10.9. The summed E-state index contributed by atoms with van der Waals surface area (Å²) in [5, 5.41) is 0. The molecule has 1 saturated carbocycles. The van der Waals surface area contributed by atoms with E-state index in [4.69, 9.17) is 4.74 Å². The Kier molecular flexibility index (Phi) is 2.75. The number of ether oxygens (including phenoxy) is 1. The van der Waals surface area contributed by atoms with Crippen LogP contribution in [0.5, 0.6) is 5.75 Å². The van der Waals surface area contributed by atoms with Crippen LogP contribution >= 0.6 is 15.9 Å². The molecule has 1 aromatic heterocycles.